The Morgan fingerprint density at radius 3 is 2.36 bits per heavy atom. The van der Waals surface area contributed by atoms with Crippen LogP contribution in [-0.2, 0) is 11.3 Å². The minimum atomic E-state index is -0.501. The Balaban J connectivity index is 0.00000392. The van der Waals surface area contributed by atoms with Crippen molar-refractivity contribution in [3.8, 4) is 0 Å². The largest absolute Gasteiger partial charge is 0.351 e. The lowest BCUT2D eigenvalue weighted by atomic mass is 10.2. The number of thioether (sulfide) groups is 1. The normalized spacial score (nSPS) is 11.1. The Morgan fingerprint density at radius 2 is 1.71 bits per heavy atom. The lowest BCUT2D eigenvalue weighted by Crippen LogP contribution is -2.40. The molecule has 0 saturated carbocycles. The van der Waals surface area contributed by atoms with Crippen molar-refractivity contribution in [1.29, 1.82) is 0 Å². The molecule has 8 heteroatoms. The summed E-state index contributed by atoms with van der Waals surface area (Å²) in [6, 6.07) is 14.1. The van der Waals surface area contributed by atoms with Gasteiger partial charge in [-0.1, -0.05) is 24.3 Å². The van der Waals surface area contributed by atoms with E-state index in [9.17, 15) is 9.59 Å². The number of aryl methyl sites for hydroxylation is 1. The topological polar surface area (TPSA) is 96.2 Å². The van der Waals surface area contributed by atoms with E-state index in [4.69, 9.17) is 5.73 Å². The van der Waals surface area contributed by atoms with Crippen LogP contribution >= 0.6 is 24.2 Å². The number of rotatable bonds is 8. The van der Waals surface area contributed by atoms with Gasteiger partial charge >= 0.3 is 6.03 Å². The Hall–Kier alpha value is -2.22. The molecule has 3 amide bonds. The Kier molecular flexibility index (Phi) is 10.4. The summed E-state index contributed by atoms with van der Waals surface area (Å²) < 4.78 is 0. The van der Waals surface area contributed by atoms with E-state index in [1.54, 1.807) is 17.8 Å². The Morgan fingerprint density at radius 1 is 1.07 bits per heavy atom. The fraction of sp³-hybridized carbons (Fsp3) is 0.300. The predicted molar refractivity (Wildman–Crippen MR) is 120 cm³/mol. The van der Waals surface area contributed by atoms with Gasteiger partial charge in [0.05, 0.1) is 6.04 Å². The van der Waals surface area contributed by atoms with Gasteiger partial charge in [0.25, 0.3) is 0 Å². The average molecular weight is 423 g/mol. The van der Waals surface area contributed by atoms with Crippen molar-refractivity contribution < 1.29 is 9.59 Å². The van der Waals surface area contributed by atoms with Crippen molar-refractivity contribution in [3.63, 3.8) is 0 Å². The van der Waals surface area contributed by atoms with Gasteiger partial charge in [-0.2, -0.15) is 11.8 Å². The van der Waals surface area contributed by atoms with E-state index in [0.29, 0.717) is 18.7 Å². The molecule has 0 aliphatic heterocycles. The summed E-state index contributed by atoms with van der Waals surface area (Å²) in [6.07, 6.45) is 2.63. The molecule has 2 rings (SSSR count). The number of hydrogen-bond acceptors (Lipinski definition) is 4. The molecule has 0 heterocycles. The zero-order valence-electron chi connectivity index (χ0n) is 16.0. The van der Waals surface area contributed by atoms with Crippen LogP contribution < -0.4 is 21.7 Å². The molecule has 0 aromatic heterocycles. The van der Waals surface area contributed by atoms with E-state index in [2.05, 4.69) is 16.0 Å². The van der Waals surface area contributed by atoms with Crippen molar-refractivity contribution in [2.45, 2.75) is 25.9 Å². The van der Waals surface area contributed by atoms with Gasteiger partial charge < -0.3 is 21.7 Å². The maximum absolute atomic E-state index is 12.1. The number of carbonyl (C=O) groups excluding carboxylic acids is 2. The van der Waals surface area contributed by atoms with Gasteiger partial charge in [0, 0.05) is 17.9 Å². The molecule has 0 bridgehead atoms. The molecular weight excluding hydrogens is 396 g/mol. The van der Waals surface area contributed by atoms with E-state index in [1.165, 1.54) is 0 Å². The summed E-state index contributed by atoms with van der Waals surface area (Å²) in [6.45, 7) is 2.33. The molecule has 2 aromatic carbocycles. The summed E-state index contributed by atoms with van der Waals surface area (Å²) in [5, 5.41) is 8.43. The van der Waals surface area contributed by atoms with Crippen molar-refractivity contribution in [2.24, 2.45) is 5.73 Å². The zero-order chi connectivity index (χ0) is 19.6. The number of nitrogens with two attached hydrogens (primary N) is 1. The minimum absolute atomic E-state index is 0. The van der Waals surface area contributed by atoms with Crippen LogP contribution in [0.2, 0.25) is 0 Å². The highest BCUT2D eigenvalue weighted by Gasteiger charge is 2.12. The Bertz CT molecular complexity index is 788. The molecule has 28 heavy (non-hydrogen) atoms. The first-order valence-electron chi connectivity index (χ1n) is 8.74. The number of urea groups is 1. The molecule has 6 nitrogen and oxygen atoms in total. The third-order valence-electron chi connectivity index (χ3n) is 3.90. The predicted octanol–water partition coefficient (Wildman–Crippen LogP) is 3.76. The van der Waals surface area contributed by atoms with Gasteiger partial charge in [-0.05, 0) is 60.7 Å². The molecule has 0 saturated heterocycles. The van der Waals surface area contributed by atoms with Gasteiger partial charge in [0.2, 0.25) is 5.91 Å². The van der Waals surface area contributed by atoms with Crippen molar-refractivity contribution >= 4 is 47.5 Å². The van der Waals surface area contributed by atoms with E-state index in [0.717, 1.165) is 22.6 Å². The number of halogens is 1. The first-order valence-corrected chi connectivity index (χ1v) is 10.1. The highest BCUT2D eigenvalue weighted by molar-refractivity contribution is 7.98. The SMILES string of the molecule is CSCC[C@H](N)C(=O)NCc1cccc(NC(=O)Nc2cccc(C)c2)c1.Cl. The molecular formula is C20H27ClN4O2S. The van der Waals surface area contributed by atoms with E-state index in [1.807, 2.05) is 55.6 Å². The second-order valence-electron chi connectivity index (χ2n) is 6.25. The Labute approximate surface area is 176 Å². The third kappa shape index (κ3) is 8.21. The molecule has 1 atom stereocenters. The van der Waals surface area contributed by atoms with Crippen LogP contribution in [-0.4, -0.2) is 30.0 Å². The first-order chi connectivity index (χ1) is 13.0. The van der Waals surface area contributed by atoms with Crippen LogP contribution in [0, 0.1) is 6.92 Å². The average Bonchev–Trinajstić information content (AvgIpc) is 2.64. The highest BCUT2D eigenvalue weighted by atomic mass is 35.5. The molecule has 152 valence electrons. The van der Waals surface area contributed by atoms with Crippen LogP contribution in [0.25, 0.3) is 0 Å². The molecule has 0 spiro atoms. The molecule has 0 unspecified atom stereocenters. The molecule has 0 fully saturated rings. The van der Waals surface area contributed by atoms with Crippen LogP contribution in [0.5, 0.6) is 0 Å². The van der Waals surface area contributed by atoms with Crippen LogP contribution in [0.15, 0.2) is 48.5 Å². The van der Waals surface area contributed by atoms with Gasteiger partial charge in [0.1, 0.15) is 0 Å². The highest BCUT2D eigenvalue weighted by Crippen LogP contribution is 2.13. The number of carbonyl (C=O) groups is 2. The molecule has 2 aromatic rings. The second kappa shape index (κ2) is 12.3. The monoisotopic (exact) mass is 422 g/mol. The van der Waals surface area contributed by atoms with E-state index >= 15 is 0 Å². The van der Waals surface area contributed by atoms with Crippen molar-refractivity contribution in [3.05, 3.63) is 59.7 Å². The number of anilines is 2. The van der Waals surface area contributed by atoms with E-state index in [-0.39, 0.29) is 24.3 Å². The van der Waals surface area contributed by atoms with Gasteiger partial charge in [-0.25, -0.2) is 4.79 Å². The van der Waals surface area contributed by atoms with Gasteiger partial charge in [0.15, 0.2) is 0 Å². The molecule has 5 N–H and O–H groups in total. The van der Waals surface area contributed by atoms with Crippen molar-refractivity contribution in [2.75, 3.05) is 22.6 Å². The smallest absolute Gasteiger partial charge is 0.323 e. The number of nitrogens with one attached hydrogen (secondary N) is 3. The maximum Gasteiger partial charge on any atom is 0.323 e. The lowest BCUT2D eigenvalue weighted by molar-refractivity contribution is -0.122. The summed E-state index contributed by atoms with van der Waals surface area (Å²) >= 11 is 1.66. The maximum atomic E-state index is 12.1. The van der Waals surface area contributed by atoms with E-state index < -0.39 is 6.04 Å². The van der Waals surface area contributed by atoms with Gasteiger partial charge in [-0.3, -0.25) is 4.79 Å². The number of benzene rings is 2. The van der Waals surface area contributed by atoms with Crippen LogP contribution in [0.1, 0.15) is 17.5 Å². The zero-order valence-corrected chi connectivity index (χ0v) is 17.7. The molecule has 0 radical (unpaired) electrons. The molecule has 0 aliphatic rings. The van der Waals surface area contributed by atoms with Crippen molar-refractivity contribution in [1.82, 2.24) is 5.32 Å². The number of hydrogen-bond donors (Lipinski definition) is 4. The lowest BCUT2D eigenvalue weighted by Gasteiger charge is -2.13. The quantitative estimate of drug-likeness (QED) is 0.520. The van der Waals surface area contributed by atoms with Crippen LogP contribution in [0.3, 0.4) is 0 Å². The standard InChI is InChI=1S/C20H26N4O2S.ClH/c1-14-5-3-7-16(11-14)23-20(26)24-17-8-4-6-15(12-17)13-22-19(25)18(21)9-10-27-2;/h3-8,11-12,18H,9-10,13,21H2,1-2H3,(H,22,25)(H2,23,24,26);1H/t18-;/m0./s1. The summed E-state index contributed by atoms with van der Waals surface area (Å²) in [7, 11) is 0. The summed E-state index contributed by atoms with van der Waals surface area (Å²) in [4.78, 5) is 24.1. The number of amides is 3. The first kappa shape index (κ1) is 23.8. The fourth-order valence-corrected chi connectivity index (χ4v) is 2.96. The van der Waals surface area contributed by atoms with Crippen LogP contribution in [0.4, 0.5) is 16.2 Å². The fourth-order valence-electron chi connectivity index (χ4n) is 2.47. The summed E-state index contributed by atoms with van der Waals surface area (Å²) in [5.41, 5.74) is 9.19. The van der Waals surface area contributed by atoms with Gasteiger partial charge in [-0.15, -0.1) is 12.4 Å². The third-order valence-corrected chi connectivity index (χ3v) is 4.54. The second-order valence-corrected chi connectivity index (χ2v) is 7.24. The minimum Gasteiger partial charge on any atom is -0.351 e. The summed E-state index contributed by atoms with van der Waals surface area (Å²) in [5.74, 6) is 0.684. The molecule has 0 aliphatic carbocycles.